The first-order valence-electron chi connectivity index (χ1n) is 10.6. The van der Waals surface area contributed by atoms with E-state index in [1.54, 1.807) is 0 Å². The third-order valence-corrected chi connectivity index (χ3v) is 5.90. The number of para-hydroxylation sites is 2. The zero-order chi connectivity index (χ0) is 20.5. The van der Waals surface area contributed by atoms with Crippen LogP contribution in [0.4, 0.5) is 0 Å². The Balaban J connectivity index is 1.70. The van der Waals surface area contributed by atoms with Gasteiger partial charge in [-0.1, -0.05) is 48.5 Å². The van der Waals surface area contributed by atoms with Gasteiger partial charge in [0.2, 0.25) is 0 Å². The molecule has 0 spiro atoms. The van der Waals surface area contributed by atoms with Gasteiger partial charge in [-0.05, 0) is 66.8 Å². The molecule has 30 heavy (non-hydrogen) atoms. The predicted molar refractivity (Wildman–Crippen MR) is 125 cm³/mol. The van der Waals surface area contributed by atoms with Crippen molar-refractivity contribution in [1.29, 1.82) is 0 Å². The van der Waals surface area contributed by atoms with Crippen molar-refractivity contribution in [2.45, 2.75) is 19.3 Å². The van der Waals surface area contributed by atoms with Crippen molar-refractivity contribution in [2.24, 2.45) is 12.8 Å². The number of nitrogens with two attached hydrogens (primary N) is 1. The van der Waals surface area contributed by atoms with Crippen molar-refractivity contribution >= 4 is 21.9 Å². The van der Waals surface area contributed by atoms with Crippen molar-refractivity contribution in [3.63, 3.8) is 0 Å². The number of fused-ring (bicyclic) bond motifs is 2. The summed E-state index contributed by atoms with van der Waals surface area (Å²) >= 11 is 0. The third kappa shape index (κ3) is 3.19. The summed E-state index contributed by atoms with van der Waals surface area (Å²) in [7, 11) is 2.09. The quantitative estimate of drug-likeness (QED) is 0.365. The highest BCUT2D eigenvalue weighted by Crippen LogP contribution is 2.35. The van der Waals surface area contributed by atoms with Gasteiger partial charge in [-0.25, -0.2) is 4.98 Å². The Morgan fingerprint density at radius 2 is 1.70 bits per heavy atom. The van der Waals surface area contributed by atoms with Crippen molar-refractivity contribution in [2.75, 3.05) is 6.54 Å². The molecule has 4 nitrogen and oxygen atoms in total. The van der Waals surface area contributed by atoms with E-state index >= 15 is 0 Å². The van der Waals surface area contributed by atoms with Gasteiger partial charge in [-0.15, -0.1) is 0 Å². The smallest absolute Gasteiger partial charge is 0.157 e. The van der Waals surface area contributed by atoms with Crippen LogP contribution in [0.1, 0.15) is 18.4 Å². The lowest BCUT2D eigenvalue weighted by atomic mass is 9.99. The zero-order valence-corrected chi connectivity index (χ0v) is 17.2. The number of hydrogen-bond donors (Lipinski definition) is 2. The Morgan fingerprint density at radius 1 is 0.900 bits per heavy atom. The molecule has 0 fully saturated rings. The highest BCUT2D eigenvalue weighted by atomic mass is 15.1. The number of hydrogen-bond acceptors (Lipinski definition) is 2. The SMILES string of the molecule is Cn1c(-c2[nH]c3ccc(-c4ccccc4)cc3c2CCCCN)nc2ccccc21. The maximum Gasteiger partial charge on any atom is 0.157 e. The number of imidazole rings is 1. The number of aromatic amines is 1. The Labute approximate surface area is 176 Å². The van der Waals surface area contributed by atoms with Crippen molar-refractivity contribution in [1.82, 2.24) is 14.5 Å². The van der Waals surface area contributed by atoms with Gasteiger partial charge in [-0.3, -0.25) is 0 Å². The van der Waals surface area contributed by atoms with Crippen LogP contribution in [0, 0.1) is 0 Å². The van der Waals surface area contributed by atoms with Gasteiger partial charge < -0.3 is 15.3 Å². The van der Waals surface area contributed by atoms with E-state index in [1.807, 2.05) is 6.07 Å². The summed E-state index contributed by atoms with van der Waals surface area (Å²) in [4.78, 5) is 8.63. The molecular formula is C26H26N4. The van der Waals surface area contributed by atoms with Gasteiger partial charge in [0.15, 0.2) is 5.82 Å². The summed E-state index contributed by atoms with van der Waals surface area (Å²) in [6, 6.07) is 25.5. The number of aryl methyl sites for hydroxylation is 2. The maximum atomic E-state index is 5.78. The van der Waals surface area contributed by atoms with E-state index in [4.69, 9.17) is 10.7 Å². The Kier molecular flexibility index (Phi) is 4.85. The molecular weight excluding hydrogens is 368 g/mol. The zero-order valence-electron chi connectivity index (χ0n) is 17.2. The normalized spacial score (nSPS) is 11.5. The van der Waals surface area contributed by atoms with E-state index in [0.29, 0.717) is 0 Å². The monoisotopic (exact) mass is 394 g/mol. The fraction of sp³-hybridized carbons (Fsp3) is 0.192. The van der Waals surface area contributed by atoms with E-state index in [2.05, 4.69) is 83.3 Å². The van der Waals surface area contributed by atoms with Gasteiger partial charge in [-0.2, -0.15) is 0 Å². The highest BCUT2D eigenvalue weighted by Gasteiger charge is 2.18. The van der Waals surface area contributed by atoms with Crippen LogP contribution in [0.25, 0.3) is 44.6 Å². The summed E-state index contributed by atoms with van der Waals surface area (Å²) in [5.41, 5.74) is 14.0. The number of benzene rings is 3. The molecule has 0 radical (unpaired) electrons. The van der Waals surface area contributed by atoms with E-state index in [1.165, 1.54) is 22.1 Å². The minimum absolute atomic E-state index is 0.721. The fourth-order valence-corrected chi connectivity index (χ4v) is 4.32. The molecule has 2 aromatic heterocycles. The number of H-pyrrole nitrogens is 1. The van der Waals surface area contributed by atoms with E-state index in [0.717, 1.165) is 53.9 Å². The van der Waals surface area contributed by atoms with Crippen LogP contribution < -0.4 is 5.73 Å². The molecule has 150 valence electrons. The van der Waals surface area contributed by atoms with Crippen molar-refractivity contribution < 1.29 is 0 Å². The summed E-state index contributed by atoms with van der Waals surface area (Å²) in [5.74, 6) is 0.983. The van der Waals surface area contributed by atoms with Crippen LogP contribution in [0.3, 0.4) is 0 Å². The van der Waals surface area contributed by atoms with Crippen LogP contribution in [0.15, 0.2) is 72.8 Å². The van der Waals surface area contributed by atoms with Crippen LogP contribution in [0.2, 0.25) is 0 Å². The van der Waals surface area contributed by atoms with E-state index in [-0.39, 0.29) is 0 Å². The number of unbranched alkanes of at least 4 members (excludes halogenated alkanes) is 1. The van der Waals surface area contributed by atoms with Gasteiger partial charge in [0, 0.05) is 18.0 Å². The molecule has 0 aliphatic carbocycles. The number of rotatable bonds is 6. The molecule has 0 aliphatic rings. The molecule has 0 amide bonds. The average molecular weight is 395 g/mol. The van der Waals surface area contributed by atoms with Gasteiger partial charge >= 0.3 is 0 Å². The van der Waals surface area contributed by atoms with E-state index in [9.17, 15) is 0 Å². The number of nitrogens with zero attached hydrogens (tertiary/aromatic N) is 2. The molecule has 0 aliphatic heterocycles. The topological polar surface area (TPSA) is 59.6 Å². The molecule has 5 aromatic rings. The standard InChI is InChI=1S/C26H26N4/c1-30-24-13-6-5-12-23(24)29-26(30)25-20(11-7-8-16-27)21-17-19(14-15-22(21)28-25)18-9-3-2-4-10-18/h2-6,9-10,12-15,17,28H,7-8,11,16,27H2,1H3. The highest BCUT2D eigenvalue weighted by molar-refractivity contribution is 5.94. The first-order valence-corrected chi connectivity index (χ1v) is 10.6. The molecule has 4 heteroatoms. The van der Waals surface area contributed by atoms with Crippen LogP contribution in [-0.2, 0) is 13.5 Å². The lowest BCUT2D eigenvalue weighted by molar-refractivity contribution is 0.747. The van der Waals surface area contributed by atoms with Crippen LogP contribution >= 0.6 is 0 Å². The average Bonchev–Trinajstić information content (AvgIpc) is 3.32. The second-order valence-electron chi connectivity index (χ2n) is 7.83. The Hall–Kier alpha value is -3.37. The molecule has 0 atom stereocenters. The summed E-state index contributed by atoms with van der Waals surface area (Å²) in [6.45, 7) is 0.721. The minimum Gasteiger partial charge on any atom is -0.352 e. The lowest BCUT2D eigenvalue weighted by Gasteiger charge is -2.06. The second-order valence-corrected chi connectivity index (χ2v) is 7.83. The van der Waals surface area contributed by atoms with Crippen LogP contribution in [-0.4, -0.2) is 21.1 Å². The first-order chi connectivity index (χ1) is 14.8. The van der Waals surface area contributed by atoms with E-state index < -0.39 is 0 Å². The molecule has 3 N–H and O–H groups in total. The Morgan fingerprint density at radius 3 is 2.50 bits per heavy atom. The largest absolute Gasteiger partial charge is 0.352 e. The summed E-state index contributed by atoms with van der Waals surface area (Å²) in [6.07, 6.45) is 3.07. The molecule has 0 bridgehead atoms. The minimum atomic E-state index is 0.721. The second kappa shape index (κ2) is 7.81. The molecule has 0 unspecified atom stereocenters. The van der Waals surface area contributed by atoms with Crippen LogP contribution in [0.5, 0.6) is 0 Å². The van der Waals surface area contributed by atoms with Gasteiger partial charge in [0.1, 0.15) is 0 Å². The molecule has 5 rings (SSSR count). The molecule has 0 saturated carbocycles. The van der Waals surface area contributed by atoms with Crippen molar-refractivity contribution in [3.8, 4) is 22.6 Å². The van der Waals surface area contributed by atoms with Gasteiger partial charge in [0.05, 0.1) is 16.7 Å². The molecule has 2 heterocycles. The molecule has 0 saturated heterocycles. The molecule has 3 aromatic carbocycles. The Bertz CT molecular complexity index is 1310. The number of nitrogens with one attached hydrogen (secondary N) is 1. The van der Waals surface area contributed by atoms with Gasteiger partial charge in [0.25, 0.3) is 0 Å². The van der Waals surface area contributed by atoms with Crippen molar-refractivity contribution in [3.05, 3.63) is 78.4 Å². The lowest BCUT2D eigenvalue weighted by Crippen LogP contribution is -2.00. The first kappa shape index (κ1) is 18.6. The number of aromatic nitrogens is 3. The summed E-state index contributed by atoms with van der Waals surface area (Å²) < 4.78 is 2.19. The maximum absolute atomic E-state index is 5.78. The third-order valence-electron chi connectivity index (χ3n) is 5.90. The summed E-state index contributed by atoms with van der Waals surface area (Å²) in [5, 5.41) is 1.27. The predicted octanol–water partition coefficient (Wildman–Crippen LogP) is 5.67. The fourth-order valence-electron chi connectivity index (χ4n) is 4.32.